The first-order chi connectivity index (χ1) is 11.1. The average Bonchev–Trinajstić information content (AvgIpc) is 2.83. The summed E-state index contributed by atoms with van der Waals surface area (Å²) in [5, 5.41) is 7.01. The van der Waals surface area contributed by atoms with Crippen LogP contribution in [0.5, 0.6) is 0 Å². The lowest BCUT2D eigenvalue weighted by atomic mass is 9.96. The third-order valence-electron chi connectivity index (χ3n) is 3.56. The molecule has 2 rings (SSSR count). The van der Waals surface area contributed by atoms with Gasteiger partial charge < -0.3 is 10.6 Å². The van der Waals surface area contributed by atoms with E-state index in [1.165, 1.54) is 11.3 Å². The molecule has 4 nitrogen and oxygen atoms in total. The number of amides is 2. The molecule has 24 heavy (non-hydrogen) atoms. The van der Waals surface area contributed by atoms with Crippen molar-refractivity contribution in [1.29, 1.82) is 0 Å². The van der Waals surface area contributed by atoms with Crippen LogP contribution in [0.15, 0.2) is 24.3 Å². The molecule has 0 aliphatic rings. The molecule has 1 aromatic carbocycles. The molecule has 2 aromatic rings. The zero-order valence-electron chi connectivity index (χ0n) is 14.4. The summed E-state index contributed by atoms with van der Waals surface area (Å²) in [6, 6.07) is 7.20. The lowest BCUT2D eigenvalue weighted by Gasteiger charge is -2.16. The molecule has 6 heteroatoms. The molecule has 1 aromatic heterocycles. The van der Waals surface area contributed by atoms with E-state index >= 15 is 0 Å². The van der Waals surface area contributed by atoms with E-state index in [-0.39, 0.29) is 11.8 Å². The number of nitrogens with one attached hydrogen (secondary N) is 2. The minimum atomic E-state index is -0.488. The Morgan fingerprint density at radius 1 is 1.12 bits per heavy atom. The number of anilines is 2. The van der Waals surface area contributed by atoms with Crippen LogP contribution in [0.3, 0.4) is 0 Å². The smallest absolute Gasteiger partial charge is 0.266 e. The van der Waals surface area contributed by atoms with Crippen molar-refractivity contribution in [3.8, 4) is 0 Å². The van der Waals surface area contributed by atoms with Crippen LogP contribution in [-0.2, 0) is 4.79 Å². The van der Waals surface area contributed by atoms with Gasteiger partial charge in [-0.2, -0.15) is 0 Å². The first-order valence-electron chi connectivity index (χ1n) is 7.58. The van der Waals surface area contributed by atoms with Gasteiger partial charge in [0.1, 0.15) is 0 Å². The largest absolute Gasteiger partial charge is 0.321 e. The van der Waals surface area contributed by atoms with Crippen LogP contribution in [-0.4, -0.2) is 11.8 Å². The molecule has 1 heterocycles. The second kappa shape index (κ2) is 6.95. The number of hydrogen-bond donors (Lipinski definition) is 2. The normalized spacial score (nSPS) is 11.2. The highest BCUT2D eigenvalue weighted by Crippen LogP contribution is 2.30. The quantitative estimate of drug-likeness (QED) is 0.780. The van der Waals surface area contributed by atoms with Crippen molar-refractivity contribution in [2.24, 2.45) is 5.41 Å². The molecule has 0 aliphatic heterocycles. The van der Waals surface area contributed by atoms with E-state index in [2.05, 4.69) is 10.6 Å². The summed E-state index contributed by atoms with van der Waals surface area (Å²) in [7, 11) is 0. The van der Waals surface area contributed by atoms with Crippen molar-refractivity contribution in [2.75, 3.05) is 10.6 Å². The number of benzene rings is 1. The van der Waals surface area contributed by atoms with E-state index in [1.807, 2.05) is 46.8 Å². The number of thiophene rings is 1. The summed E-state index contributed by atoms with van der Waals surface area (Å²) in [6.07, 6.45) is 0. The summed E-state index contributed by atoms with van der Waals surface area (Å²) in [6.45, 7) is 9.24. The number of carbonyl (C=O) groups excluding carboxylic acids is 2. The average molecular weight is 365 g/mol. The second-order valence-corrected chi connectivity index (χ2v) is 8.15. The van der Waals surface area contributed by atoms with Crippen LogP contribution in [0.25, 0.3) is 0 Å². The van der Waals surface area contributed by atoms with Crippen molar-refractivity contribution < 1.29 is 9.59 Å². The van der Waals surface area contributed by atoms with E-state index in [1.54, 1.807) is 12.1 Å². The molecular formula is C18H21ClN2O2S. The fourth-order valence-electron chi connectivity index (χ4n) is 1.99. The fraction of sp³-hybridized carbons (Fsp3) is 0.333. The lowest BCUT2D eigenvalue weighted by Crippen LogP contribution is -2.27. The van der Waals surface area contributed by atoms with Gasteiger partial charge in [0.15, 0.2) is 0 Å². The molecule has 0 saturated heterocycles. The Labute approximate surface area is 151 Å². The van der Waals surface area contributed by atoms with Crippen LogP contribution < -0.4 is 10.6 Å². The SMILES string of the molecule is Cc1cc(NC(=O)C(C)(C)C)sc1C(=O)Nc1cccc(Cl)c1C. The zero-order chi connectivity index (χ0) is 18.1. The van der Waals surface area contributed by atoms with E-state index in [4.69, 9.17) is 11.6 Å². The lowest BCUT2D eigenvalue weighted by molar-refractivity contribution is -0.123. The molecule has 2 amide bonds. The minimum Gasteiger partial charge on any atom is -0.321 e. The van der Waals surface area contributed by atoms with E-state index in [0.29, 0.717) is 20.6 Å². The molecular weight excluding hydrogens is 344 g/mol. The molecule has 0 radical (unpaired) electrons. The molecule has 0 unspecified atom stereocenters. The number of aryl methyl sites for hydroxylation is 1. The van der Waals surface area contributed by atoms with Gasteiger partial charge in [-0.25, -0.2) is 0 Å². The summed E-state index contributed by atoms with van der Waals surface area (Å²) in [4.78, 5) is 25.2. The predicted molar refractivity (Wildman–Crippen MR) is 101 cm³/mol. The standard InChI is InChI=1S/C18H21ClN2O2S/c1-10-9-14(21-17(23)18(3,4)5)24-15(10)16(22)20-13-8-6-7-12(19)11(13)2/h6-9H,1-5H3,(H,20,22)(H,21,23). The third kappa shape index (κ3) is 4.16. The highest BCUT2D eigenvalue weighted by atomic mass is 35.5. The predicted octanol–water partition coefficient (Wildman–Crippen LogP) is 5.26. The van der Waals surface area contributed by atoms with Gasteiger partial charge in [-0.3, -0.25) is 9.59 Å². The van der Waals surface area contributed by atoms with Gasteiger partial charge >= 0.3 is 0 Å². The van der Waals surface area contributed by atoms with Crippen LogP contribution in [0.1, 0.15) is 41.6 Å². The summed E-state index contributed by atoms with van der Waals surface area (Å²) < 4.78 is 0. The number of halogens is 1. The van der Waals surface area contributed by atoms with Crippen molar-refractivity contribution >= 4 is 45.4 Å². The maximum atomic E-state index is 12.5. The molecule has 0 bridgehead atoms. The Balaban J connectivity index is 2.19. The number of carbonyl (C=O) groups is 2. The van der Waals surface area contributed by atoms with Gasteiger partial charge in [-0.15, -0.1) is 11.3 Å². The monoisotopic (exact) mass is 364 g/mol. The van der Waals surface area contributed by atoms with Crippen molar-refractivity contribution in [2.45, 2.75) is 34.6 Å². The van der Waals surface area contributed by atoms with Crippen molar-refractivity contribution in [3.63, 3.8) is 0 Å². The Morgan fingerprint density at radius 2 is 1.79 bits per heavy atom. The molecule has 2 N–H and O–H groups in total. The van der Waals surface area contributed by atoms with Crippen LogP contribution in [0.2, 0.25) is 5.02 Å². The Hall–Kier alpha value is -1.85. The molecule has 128 valence electrons. The van der Waals surface area contributed by atoms with Crippen LogP contribution in [0, 0.1) is 19.3 Å². The van der Waals surface area contributed by atoms with Gasteiger partial charge in [0.2, 0.25) is 5.91 Å². The summed E-state index contributed by atoms with van der Waals surface area (Å²) in [5.74, 6) is -0.291. The van der Waals surface area contributed by atoms with Crippen molar-refractivity contribution in [3.05, 3.63) is 45.3 Å². The third-order valence-corrected chi connectivity index (χ3v) is 5.12. The molecule has 0 atom stereocenters. The molecule has 0 aliphatic carbocycles. The van der Waals surface area contributed by atoms with E-state index < -0.39 is 5.41 Å². The van der Waals surface area contributed by atoms with Crippen molar-refractivity contribution in [1.82, 2.24) is 0 Å². The van der Waals surface area contributed by atoms with Crippen LogP contribution in [0.4, 0.5) is 10.7 Å². The highest BCUT2D eigenvalue weighted by molar-refractivity contribution is 7.18. The summed E-state index contributed by atoms with van der Waals surface area (Å²) >= 11 is 7.35. The maximum absolute atomic E-state index is 12.5. The highest BCUT2D eigenvalue weighted by Gasteiger charge is 2.23. The minimum absolute atomic E-state index is 0.0820. The van der Waals surface area contributed by atoms with E-state index in [9.17, 15) is 9.59 Å². The Morgan fingerprint density at radius 3 is 2.42 bits per heavy atom. The first kappa shape index (κ1) is 18.5. The fourth-order valence-corrected chi connectivity index (χ4v) is 3.13. The Kier molecular flexibility index (Phi) is 5.35. The Bertz CT molecular complexity index is 791. The molecule has 0 saturated carbocycles. The zero-order valence-corrected chi connectivity index (χ0v) is 16.0. The second-order valence-electron chi connectivity index (χ2n) is 6.69. The summed E-state index contributed by atoms with van der Waals surface area (Å²) in [5.41, 5.74) is 1.84. The van der Waals surface area contributed by atoms with E-state index in [0.717, 1.165) is 11.1 Å². The number of rotatable bonds is 3. The number of hydrogen-bond acceptors (Lipinski definition) is 3. The van der Waals surface area contributed by atoms with Gasteiger partial charge in [-0.1, -0.05) is 38.4 Å². The molecule has 0 spiro atoms. The van der Waals surface area contributed by atoms with Gasteiger partial charge in [-0.05, 0) is 43.2 Å². The maximum Gasteiger partial charge on any atom is 0.266 e. The topological polar surface area (TPSA) is 58.2 Å². The first-order valence-corrected chi connectivity index (χ1v) is 8.77. The van der Waals surface area contributed by atoms with Gasteiger partial charge in [0, 0.05) is 16.1 Å². The molecule has 0 fully saturated rings. The van der Waals surface area contributed by atoms with Gasteiger partial charge in [0.25, 0.3) is 5.91 Å². The van der Waals surface area contributed by atoms with Crippen LogP contribution >= 0.6 is 22.9 Å². The van der Waals surface area contributed by atoms with Gasteiger partial charge in [0.05, 0.1) is 9.88 Å².